The summed E-state index contributed by atoms with van der Waals surface area (Å²) in [6, 6.07) is 44.0. The maximum absolute atomic E-state index is 13.5. The van der Waals surface area contributed by atoms with Crippen LogP contribution >= 0.6 is 0 Å². The summed E-state index contributed by atoms with van der Waals surface area (Å²) in [5, 5.41) is 0. The lowest BCUT2D eigenvalue weighted by atomic mass is 9.86. The van der Waals surface area contributed by atoms with Gasteiger partial charge in [0.2, 0.25) is 6.29 Å². The van der Waals surface area contributed by atoms with E-state index in [1.807, 2.05) is 72.8 Å². The van der Waals surface area contributed by atoms with Crippen LogP contribution < -0.4 is 9.47 Å². The number of ether oxygens (including phenoxy) is 6. The quantitative estimate of drug-likeness (QED) is 0.0865. The third kappa shape index (κ3) is 9.24. The van der Waals surface area contributed by atoms with Crippen molar-refractivity contribution in [2.24, 2.45) is 5.92 Å². The third-order valence-corrected chi connectivity index (χ3v) is 8.50. The molecule has 0 radical (unpaired) electrons. The van der Waals surface area contributed by atoms with Crippen molar-refractivity contribution in [3.05, 3.63) is 168 Å². The van der Waals surface area contributed by atoms with Gasteiger partial charge in [0.05, 0.1) is 37.1 Å². The van der Waals surface area contributed by atoms with E-state index in [4.69, 9.17) is 28.4 Å². The fraction of sp³-hybridized carbons (Fsp3) is 0.238. The maximum atomic E-state index is 13.5. The van der Waals surface area contributed by atoms with Crippen LogP contribution in [0.4, 0.5) is 0 Å². The highest BCUT2D eigenvalue weighted by molar-refractivity contribution is 5.91. The minimum absolute atomic E-state index is 0.192. The molecule has 1 aliphatic heterocycles. The van der Waals surface area contributed by atoms with Crippen molar-refractivity contribution in [1.82, 2.24) is 0 Å². The summed E-state index contributed by atoms with van der Waals surface area (Å²) >= 11 is 0. The van der Waals surface area contributed by atoms with Gasteiger partial charge in [0.15, 0.2) is 6.10 Å². The van der Waals surface area contributed by atoms with Crippen molar-refractivity contribution >= 4 is 11.9 Å². The average Bonchev–Trinajstić information content (AvgIpc) is 3.17. The zero-order valence-electron chi connectivity index (χ0n) is 27.8. The van der Waals surface area contributed by atoms with Gasteiger partial charge >= 0.3 is 11.9 Å². The number of carbonyl (C=O) groups is 2. The second-order valence-corrected chi connectivity index (χ2v) is 12.0. The Morgan fingerprint density at radius 3 is 1.70 bits per heavy atom. The highest BCUT2D eigenvalue weighted by atomic mass is 16.7. The molecule has 8 heteroatoms. The Morgan fingerprint density at radius 2 is 1.12 bits per heavy atom. The molecule has 0 aromatic heterocycles. The zero-order chi connectivity index (χ0) is 34.5. The van der Waals surface area contributed by atoms with Gasteiger partial charge in [0.25, 0.3) is 0 Å². The van der Waals surface area contributed by atoms with Crippen molar-refractivity contribution in [2.45, 2.75) is 51.2 Å². The molecule has 0 saturated carbocycles. The molecule has 5 aromatic rings. The van der Waals surface area contributed by atoms with Crippen LogP contribution in [0.15, 0.2) is 146 Å². The van der Waals surface area contributed by atoms with Gasteiger partial charge in [-0.2, -0.15) is 0 Å². The van der Waals surface area contributed by atoms with E-state index in [9.17, 15) is 9.59 Å². The molecular formula is C42H40O8. The molecule has 0 aliphatic carbocycles. The van der Waals surface area contributed by atoms with Gasteiger partial charge in [0.1, 0.15) is 17.6 Å². The molecule has 0 spiro atoms. The van der Waals surface area contributed by atoms with Gasteiger partial charge < -0.3 is 28.4 Å². The van der Waals surface area contributed by atoms with Gasteiger partial charge in [-0.15, -0.1) is 0 Å². The monoisotopic (exact) mass is 672 g/mol. The lowest BCUT2D eigenvalue weighted by Crippen LogP contribution is -2.59. The summed E-state index contributed by atoms with van der Waals surface area (Å²) in [6.07, 6.45) is -2.34. The predicted molar refractivity (Wildman–Crippen MR) is 188 cm³/mol. The van der Waals surface area contributed by atoms with E-state index >= 15 is 0 Å². The molecule has 1 fully saturated rings. The lowest BCUT2D eigenvalue weighted by molar-refractivity contribution is -0.276. The summed E-state index contributed by atoms with van der Waals surface area (Å²) in [7, 11) is 0. The van der Waals surface area contributed by atoms with Crippen LogP contribution in [-0.4, -0.2) is 43.1 Å². The van der Waals surface area contributed by atoms with Gasteiger partial charge in [0, 0.05) is 5.92 Å². The fourth-order valence-corrected chi connectivity index (χ4v) is 5.91. The van der Waals surface area contributed by atoms with E-state index < -0.39 is 36.5 Å². The number of rotatable bonds is 14. The number of hydrogen-bond donors (Lipinski definition) is 0. The first-order chi connectivity index (χ1) is 24.6. The number of esters is 2. The van der Waals surface area contributed by atoms with Gasteiger partial charge in [-0.3, -0.25) is 0 Å². The molecule has 256 valence electrons. The fourth-order valence-electron chi connectivity index (χ4n) is 5.91. The van der Waals surface area contributed by atoms with Crippen molar-refractivity contribution in [2.75, 3.05) is 6.61 Å². The molecule has 8 nitrogen and oxygen atoms in total. The van der Waals surface area contributed by atoms with E-state index in [0.717, 1.165) is 11.1 Å². The molecule has 50 heavy (non-hydrogen) atoms. The summed E-state index contributed by atoms with van der Waals surface area (Å²) in [5.74, 6) is -0.396. The number of carbonyl (C=O) groups excluding carboxylic acids is 2. The van der Waals surface area contributed by atoms with Crippen LogP contribution in [0.25, 0.3) is 0 Å². The Morgan fingerprint density at radius 1 is 0.600 bits per heavy atom. The molecule has 1 heterocycles. The normalized spacial score (nSPS) is 20.1. The molecule has 0 amide bonds. The minimum atomic E-state index is -1.05. The smallest absolute Gasteiger partial charge is 0.343 e. The van der Waals surface area contributed by atoms with Gasteiger partial charge in [-0.25, -0.2) is 9.59 Å². The summed E-state index contributed by atoms with van der Waals surface area (Å²) in [6.45, 7) is 3.04. The van der Waals surface area contributed by atoms with E-state index in [1.165, 1.54) is 0 Å². The SMILES string of the molecule is CC[C@@H]1[C@H](OCc2ccccc2)[C@@H](OC(=O)c2ccccc2)C(Oc2ccc(OC(=O)c3ccccc3)cc2)O[C@@H]1COCc1ccccc1. The van der Waals surface area contributed by atoms with Crippen molar-refractivity contribution in [3.8, 4) is 11.5 Å². The Balaban J connectivity index is 1.26. The highest BCUT2D eigenvalue weighted by Crippen LogP contribution is 2.35. The standard InChI is InChI=1S/C42H40O8/c1-2-36-37(29-45-27-30-15-7-3-8-16-30)49-42(48-35-25-23-34(24-26-35)47-40(43)32-19-11-5-12-20-32)39(50-41(44)33-21-13-6-14-22-33)38(36)46-28-31-17-9-4-10-18-31/h3-26,36-39,42H,2,27-29H2,1H3/t36-,37+,38-,39+,42?/m0/s1. The topological polar surface area (TPSA) is 89.5 Å². The van der Waals surface area contributed by atoms with Crippen LogP contribution in [0.5, 0.6) is 11.5 Å². The Kier molecular flexibility index (Phi) is 12.0. The molecule has 0 N–H and O–H groups in total. The largest absolute Gasteiger partial charge is 0.461 e. The molecule has 1 unspecified atom stereocenters. The van der Waals surface area contributed by atoms with Crippen LogP contribution in [-0.2, 0) is 32.2 Å². The Bertz CT molecular complexity index is 1770. The van der Waals surface area contributed by atoms with Crippen LogP contribution in [0.2, 0.25) is 0 Å². The summed E-state index contributed by atoms with van der Waals surface area (Å²) < 4.78 is 37.7. The molecule has 5 atom stereocenters. The second kappa shape index (κ2) is 17.4. The van der Waals surface area contributed by atoms with E-state index in [2.05, 4.69) is 6.92 Å². The van der Waals surface area contributed by atoms with E-state index in [0.29, 0.717) is 42.3 Å². The van der Waals surface area contributed by atoms with Gasteiger partial charge in [-0.05, 0) is 66.1 Å². The van der Waals surface area contributed by atoms with Crippen LogP contribution in [0.3, 0.4) is 0 Å². The summed E-state index contributed by atoms with van der Waals surface area (Å²) in [4.78, 5) is 26.1. The summed E-state index contributed by atoms with van der Waals surface area (Å²) in [5.41, 5.74) is 2.87. The number of benzene rings is 5. The molecule has 1 saturated heterocycles. The minimum Gasteiger partial charge on any atom is -0.461 e. The molecule has 1 aliphatic rings. The highest BCUT2D eigenvalue weighted by Gasteiger charge is 2.49. The zero-order valence-corrected chi connectivity index (χ0v) is 27.8. The first-order valence-corrected chi connectivity index (χ1v) is 16.8. The first-order valence-electron chi connectivity index (χ1n) is 16.8. The van der Waals surface area contributed by atoms with Crippen molar-refractivity contribution < 1.29 is 38.0 Å². The van der Waals surface area contributed by atoms with Crippen molar-refractivity contribution in [3.63, 3.8) is 0 Å². The molecular weight excluding hydrogens is 632 g/mol. The van der Waals surface area contributed by atoms with Crippen LogP contribution in [0.1, 0.15) is 45.2 Å². The Labute approximate surface area is 292 Å². The third-order valence-electron chi connectivity index (χ3n) is 8.50. The van der Waals surface area contributed by atoms with E-state index in [-0.39, 0.29) is 12.5 Å². The second-order valence-electron chi connectivity index (χ2n) is 12.0. The molecule has 5 aromatic carbocycles. The van der Waals surface area contributed by atoms with Crippen LogP contribution in [0, 0.1) is 5.92 Å². The lowest BCUT2D eigenvalue weighted by Gasteiger charge is -2.45. The maximum Gasteiger partial charge on any atom is 0.343 e. The average molecular weight is 673 g/mol. The molecule has 0 bridgehead atoms. The first kappa shape index (κ1) is 34.6. The van der Waals surface area contributed by atoms with Crippen molar-refractivity contribution in [1.29, 1.82) is 0 Å². The molecule has 6 rings (SSSR count). The van der Waals surface area contributed by atoms with Gasteiger partial charge in [-0.1, -0.05) is 104 Å². The Hall–Kier alpha value is -5.28. The predicted octanol–water partition coefficient (Wildman–Crippen LogP) is 8.06. The number of hydrogen-bond acceptors (Lipinski definition) is 8. The van der Waals surface area contributed by atoms with E-state index in [1.54, 1.807) is 72.8 Å².